The van der Waals surface area contributed by atoms with E-state index in [2.05, 4.69) is 20.3 Å². The Morgan fingerprint density at radius 2 is 1.92 bits per heavy atom. The Hall–Kier alpha value is -3.28. The molecular formula is C19H18N4O2. The molecule has 0 aliphatic heterocycles. The van der Waals surface area contributed by atoms with Gasteiger partial charge in [0.15, 0.2) is 0 Å². The van der Waals surface area contributed by atoms with E-state index in [0.717, 1.165) is 29.5 Å². The third-order valence-corrected chi connectivity index (χ3v) is 3.77. The molecular weight excluding hydrogens is 316 g/mol. The Kier molecular flexibility index (Phi) is 5.31. The summed E-state index contributed by atoms with van der Waals surface area (Å²) in [5.41, 5.74) is 3.37. The maximum atomic E-state index is 11.9. The summed E-state index contributed by atoms with van der Waals surface area (Å²) >= 11 is 0. The van der Waals surface area contributed by atoms with E-state index in [-0.39, 0.29) is 11.6 Å². The topological polar surface area (TPSA) is 87.7 Å². The van der Waals surface area contributed by atoms with E-state index < -0.39 is 0 Å². The quantitative estimate of drug-likeness (QED) is 0.725. The normalized spacial score (nSPS) is 10.4. The van der Waals surface area contributed by atoms with Crippen molar-refractivity contribution in [2.75, 3.05) is 5.32 Å². The molecule has 0 saturated heterocycles. The van der Waals surface area contributed by atoms with Crippen LogP contribution in [0.4, 0.5) is 5.69 Å². The van der Waals surface area contributed by atoms with Gasteiger partial charge in [-0.05, 0) is 36.1 Å². The molecule has 0 atom stereocenters. The maximum Gasteiger partial charge on any atom is 0.344 e. The summed E-state index contributed by atoms with van der Waals surface area (Å²) < 4.78 is 0. The summed E-state index contributed by atoms with van der Waals surface area (Å²) in [6, 6.07) is 11.6. The number of hydrogen-bond acceptors (Lipinski definition) is 4. The zero-order valence-electron chi connectivity index (χ0n) is 13.6. The number of nitrogens with zero attached hydrogens (tertiary/aromatic N) is 2. The van der Waals surface area contributed by atoms with Crippen molar-refractivity contribution < 1.29 is 4.79 Å². The Bertz CT molecular complexity index is 869. The lowest BCUT2D eigenvalue weighted by molar-refractivity contribution is -0.116. The van der Waals surface area contributed by atoms with Crippen LogP contribution in [0.1, 0.15) is 18.4 Å². The fourth-order valence-corrected chi connectivity index (χ4v) is 2.48. The molecule has 0 unspecified atom stereocenters. The zero-order chi connectivity index (χ0) is 17.5. The van der Waals surface area contributed by atoms with Gasteiger partial charge in [-0.3, -0.25) is 9.78 Å². The Labute approximate surface area is 145 Å². The molecule has 6 nitrogen and oxygen atoms in total. The lowest BCUT2D eigenvalue weighted by atomic mass is 10.0. The van der Waals surface area contributed by atoms with Gasteiger partial charge in [0.25, 0.3) is 0 Å². The molecule has 6 heteroatoms. The van der Waals surface area contributed by atoms with Crippen LogP contribution in [-0.4, -0.2) is 20.9 Å². The maximum absolute atomic E-state index is 11.9. The molecule has 2 heterocycles. The van der Waals surface area contributed by atoms with Crippen LogP contribution in [0.2, 0.25) is 0 Å². The first-order valence-electron chi connectivity index (χ1n) is 8.04. The van der Waals surface area contributed by atoms with Gasteiger partial charge in [0, 0.05) is 30.6 Å². The average Bonchev–Trinajstić information content (AvgIpc) is 2.64. The van der Waals surface area contributed by atoms with Crippen molar-refractivity contribution in [1.29, 1.82) is 0 Å². The number of H-pyrrole nitrogens is 1. The van der Waals surface area contributed by atoms with Crippen LogP contribution >= 0.6 is 0 Å². The minimum atomic E-state index is -0.357. The number of anilines is 1. The van der Waals surface area contributed by atoms with Crippen LogP contribution in [0.25, 0.3) is 11.1 Å². The third-order valence-electron chi connectivity index (χ3n) is 3.77. The molecule has 126 valence electrons. The number of hydrogen-bond donors (Lipinski definition) is 2. The van der Waals surface area contributed by atoms with Crippen LogP contribution in [0.15, 0.2) is 66.0 Å². The van der Waals surface area contributed by atoms with E-state index in [1.165, 1.54) is 0 Å². The smallest absolute Gasteiger partial charge is 0.325 e. The first kappa shape index (κ1) is 16.6. The molecule has 0 aliphatic rings. The third kappa shape index (κ3) is 4.84. The van der Waals surface area contributed by atoms with Gasteiger partial charge in [-0.1, -0.05) is 24.3 Å². The van der Waals surface area contributed by atoms with Gasteiger partial charge in [0.05, 0.1) is 11.9 Å². The van der Waals surface area contributed by atoms with Crippen LogP contribution in [-0.2, 0) is 11.2 Å². The van der Waals surface area contributed by atoms with Gasteiger partial charge in [-0.2, -0.15) is 0 Å². The predicted octanol–water partition coefficient (Wildman–Crippen LogP) is 2.79. The van der Waals surface area contributed by atoms with Gasteiger partial charge in [-0.25, -0.2) is 9.78 Å². The standard InChI is InChI=1S/C19H18N4O2/c24-18(23-17-4-2-10-20-13-17)5-1-3-14-6-8-15(9-7-14)16-11-21-19(25)22-12-16/h2,4,6-13H,1,3,5H2,(H,23,24)(H,21,22,25). The fraction of sp³-hybridized carbons (Fsp3) is 0.158. The average molecular weight is 334 g/mol. The predicted molar refractivity (Wildman–Crippen MR) is 96.1 cm³/mol. The molecule has 2 aromatic heterocycles. The number of pyridine rings is 1. The number of aromatic amines is 1. The first-order valence-corrected chi connectivity index (χ1v) is 8.04. The van der Waals surface area contributed by atoms with Crippen molar-refractivity contribution in [3.8, 4) is 11.1 Å². The highest BCUT2D eigenvalue weighted by Crippen LogP contribution is 2.18. The summed E-state index contributed by atoms with van der Waals surface area (Å²) in [6.07, 6.45) is 8.55. The number of rotatable bonds is 6. The number of carbonyl (C=O) groups is 1. The van der Waals surface area contributed by atoms with Gasteiger partial charge in [0.2, 0.25) is 5.91 Å². The number of aryl methyl sites for hydroxylation is 1. The zero-order valence-corrected chi connectivity index (χ0v) is 13.6. The van der Waals surface area contributed by atoms with Crippen LogP contribution < -0.4 is 11.0 Å². The summed E-state index contributed by atoms with van der Waals surface area (Å²) in [6.45, 7) is 0. The second-order valence-electron chi connectivity index (χ2n) is 5.65. The number of benzene rings is 1. The molecule has 25 heavy (non-hydrogen) atoms. The van der Waals surface area contributed by atoms with Gasteiger partial charge < -0.3 is 10.3 Å². The molecule has 3 rings (SSSR count). The monoisotopic (exact) mass is 334 g/mol. The number of nitrogens with one attached hydrogen (secondary N) is 2. The molecule has 0 saturated carbocycles. The lowest BCUT2D eigenvalue weighted by Gasteiger charge is -2.06. The number of aromatic nitrogens is 3. The molecule has 3 aromatic rings. The minimum absolute atomic E-state index is 0.0102. The van der Waals surface area contributed by atoms with Crippen molar-refractivity contribution in [2.24, 2.45) is 0 Å². The number of amides is 1. The summed E-state index contributed by atoms with van der Waals surface area (Å²) in [7, 11) is 0. The summed E-state index contributed by atoms with van der Waals surface area (Å²) in [5, 5.41) is 2.83. The number of carbonyl (C=O) groups excluding carboxylic acids is 1. The molecule has 0 aliphatic carbocycles. The second kappa shape index (κ2) is 8.01. The summed E-state index contributed by atoms with van der Waals surface area (Å²) in [4.78, 5) is 33.1. The summed E-state index contributed by atoms with van der Waals surface area (Å²) in [5.74, 6) is -0.0102. The van der Waals surface area contributed by atoms with E-state index in [1.807, 2.05) is 30.3 Å². The van der Waals surface area contributed by atoms with E-state index in [0.29, 0.717) is 12.1 Å². The Balaban J connectivity index is 1.49. The molecule has 1 amide bonds. The fourth-order valence-electron chi connectivity index (χ4n) is 2.48. The molecule has 0 spiro atoms. The largest absolute Gasteiger partial charge is 0.344 e. The van der Waals surface area contributed by atoms with E-state index in [1.54, 1.807) is 30.9 Å². The van der Waals surface area contributed by atoms with Gasteiger partial charge in [-0.15, -0.1) is 0 Å². The van der Waals surface area contributed by atoms with E-state index >= 15 is 0 Å². The molecule has 2 N–H and O–H groups in total. The lowest BCUT2D eigenvalue weighted by Crippen LogP contribution is -2.11. The van der Waals surface area contributed by atoms with E-state index in [9.17, 15) is 9.59 Å². The van der Waals surface area contributed by atoms with Crippen molar-refractivity contribution in [1.82, 2.24) is 15.0 Å². The van der Waals surface area contributed by atoms with Crippen molar-refractivity contribution in [3.05, 3.63) is 77.2 Å². The molecule has 0 bridgehead atoms. The second-order valence-corrected chi connectivity index (χ2v) is 5.65. The van der Waals surface area contributed by atoms with Crippen LogP contribution in [0.3, 0.4) is 0 Å². The van der Waals surface area contributed by atoms with E-state index in [4.69, 9.17) is 0 Å². The highest BCUT2D eigenvalue weighted by atomic mass is 16.1. The highest BCUT2D eigenvalue weighted by Gasteiger charge is 2.03. The SMILES string of the molecule is O=C(CCCc1ccc(-c2cnc(=O)[nH]c2)cc1)Nc1cccnc1. The van der Waals surface area contributed by atoms with Gasteiger partial charge in [0.1, 0.15) is 0 Å². The molecule has 0 radical (unpaired) electrons. The molecule has 1 aromatic carbocycles. The highest BCUT2D eigenvalue weighted by molar-refractivity contribution is 5.90. The van der Waals surface area contributed by atoms with Crippen molar-refractivity contribution >= 4 is 11.6 Å². The van der Waals surface area contributed by atoms with Crippen LogP contribution in [0, 0.1) is 0 Å². The van der Waals surface area contributed by atoms with Gasteiger partial charge >= 0.3 is 5.69 Å². The first-order chi connectivity index (χ1) is 12.2. The Morgan fingerprint density at radius 1 is 1.08 bits per heavy atom. The van der Waals surface area contributed by atoms with Crippen molar-refractivity contribution in [3.63, 3.8) is 0 Å². The van der Waals surface area contributed by atoms with Crippen LogP contribution in [0.5, 0.6) is 0 Å². The Morgan fingerprint density at radius 3 is 2.60 bits per heavy atom. The minimum Gasteiger partial charge on any atom is -0.325 e. The molecule has 0 fully saturated rings. The van der Waals surface area contributed by atoms with Crippen molar-refractivity contribution in [2.45, 2.75) is 19.3 Å².